The maximum absolute atomic E-state index is 11.1. The molecule has 0 bridgehead atoms. The van der Waals surface area contributed by atoms with Gasteiger partial charge in [0.15, 0.2) is 0 Å². The first-order valence-corrected chi connectivity index (χ1v) is 8.37. The van der Waals surface area contributed by atoms with E-state index in [9.17, 15) is 4.21 Å². The Morgan fingerprint density at radius 2 is 2.17 bits per heavy atom. The third-order valence-electron chi connectivity index (χ3n) is 2.80. The summed E-state index contributed by atoms with van der Waals surface area (Å²) in [6, 6.07) is 0.206. The zero-order chi connectivity index (χ0) is 13.7. The van der Waals surface area contributed by atoms with E-state index >= 15 is 0 Å². The normalized spacial score (nSPS) is 14.7. The fraction of sp³-hybridized carbons (Fsp3) is 0.750. The Hall–Kier alpha value is -0.390. The summed E-state index contributed by atoms with van der Waals surface area (Å²) in [4.78, 5) is 0. The van der Waals surface area contributed by atoms with Crippen molar-refractivity contribution in [2.75, 3.05) is 12.0 Å². The summed E-state index contributed by atoms with van der Waals surface area (Å²) in [7, 11) is -0.780. The van der Waals surface area contributed by atoms with Crippen LogP contribution in [0.1, 0.15) is 32.2 Å². The predicted molar refractivity (Wildman–Crippen MR) is 77.5 cm³/mol. The summed E-state index contributed by atoms with van der Waals surface area (Å²) in [6.45, 7) is 7.61. The van der Waals surface area contributed by atoms with Gasteiger partial charge < -0.3 is 5.32 Å². The van der Waals surface area contributed by atoms with Gasteiger partial charge in [-0.15, -0.1) is 0 Å². The molecule has 0 aliphatic carbocycles. The molecule has 0 aliphatic heterocycles. The van der Waals surface area contributed by atoms with Crippen LogP contribution in [0.3, 0.4) is 0 Å². The molecule has 0 saturated heterocycles. The lowest BCUT2D eigenvalue weighted by atomic mass is 10.3. The first kappa shape index (κ1) is 15.7. The van der Waals surface area contributed by atoms with Crippen molar-refractivity contribution in [1.29, 1.82) is 0 Å². The zero-order valence-corrected chi connectivity index (χ0v) is 13.1. The average molecular weight is 292 g/mol. The molecule has 18 heavy (non-hydrogen) atoms. The van der Waals surface area contributed by atoms with Crippen LogP contribution in [-0.4, -0.2) is 32.0 Å². The van der Waals surface area contributed by atoms with Gasteiger partial charge in [0.2, 0.25) is 0 Å². The van der Waals surface area contributed by atoms with Gasteiger partial charge in [-0.1, -0.05) is 18.5 Å². The minimum absolute atomic E-state index is 0.206. The topological polar surface area (TPSA) is 46.9 Å². The average Bonchev–Trinajstić information content (AvgIpc) is 2.62. The van der Waals surface area contributed by atoms with Crippen molar-refractivity contribution < 1.29 is 4.21 Å². The Morgan fingerprint density at radius 3 is 2.67 bits per heavy atom. The maximum Gasteiger partial charge on any atom is 0.0863 e. The van der Waals surface area contributed by atoms with Crippen LogP contribution in [-0.2, 0) is 30.3 Å². The molecule has 104 valence electrons. The highest BCUT2D eigenvalue weighted by Gasteiger charge is 2.14. The van der Waals surface area contributed by atoms with E-state index in [1.807, 2.05) is 18.5 Å². The van der Waals surface area contributed by atoms with E-state index in [2.05, 4.69) is 17.3 Å². The SMILES string of the molecule is CCc1nn(CC)c(CNC(C)CS(C)=O)c1Cl. The molecule has 1 aromatic heterocycles. The number of hydrogen-bond acceptors (Lipinski definition) is 3. The van der Waals surface area contributed by atoms with Gasteiger partial charge >= 0.3 is 0 Å². The van der Waals surface area contributed by atoms with Crippen molar-refractivity contribution in [2.45, 2.75) is 46.3 Å². The molecule has 1 N–H and O–H groups in total. The van der Waals surface area contributed by atoms with Crippen molar-refractivity contribution in [3.05, 3.63) is 16.4 Å². The molecule has 2 unspecified atom stereocenters. The van der Waals surface area contributed by atoms with Crippen molar-refractivity contribution in [3.8, 4) is 0 Å². The quantitative estimate of drug-likeness (QED) is 0.835. The van der Waals surface area contributed by atoms with Gasteiger partial charge in [-0.3, -0.25) is 8.89 Å². The fourth-order valence-corrected chi connectivity index (χ4v) is 3.03. The van der Waals surface area contributed by atoms with E-state index in [4.69, 9.17) is 11.6 Å². The molecule has 0 spiro atoms. The lowest BCUT2D eigenvalue weighted by Gasteiger charge is -2.13. The predicted octanol–water partition coefficient (Wildman–Crippen LogP) is 1.98. The van der Waals surface area contributed by atoms with Crippen LogP contribution in [0.25, 0.3) is 0 Å². The van der Waals surface area contributed by atoms with Crippen LogP contribution in [0, 0.1) is 0 Å². The molecule has 0 saturated carbocycles. The van der Waals surface area contributed by atoms with Crippen molar-refractivity contribution in [2.24, 2.45) is 0 Å². The summed E-state index contributed by atoms with van der Waals surface area (Å²) >= 11 is 6.31. The first-order chi connectivity index (χ1) is 8.49. The van der Waals surface area contributed by atoms with E-state index in [0.29, 0.717) is 12.3 Å². The Kier molecular flexibility index (Phi) is 6.32. The van der Waals surface area contributed by atoms with E-state index in [1.54, 1.807) is 6.26 Å². The maximum atomic E-state index is 11.1. The second-order valence-corrected chi connectivity index (χ2v) is 6.26. The number of halogens is 1. The molecular weight excluding hydrogens is 270 g/mol. The summed E-state index contributed by atoms with van der Waals surface area (Å²) < 4.78 is 13.1. The van der Waals surface area contributed by atoms with E-state index in [0.717, 1.165) is 29.4 Å². The number of nitrogens with one attached hydrogen (secondary N) is 1. The molecule has 0 aromatic carbocycles. The second kappa shape index (κ2) is 7.26. The van der Waals surface area contributed by atoms with Crippen molar-refractivity contribution >= 4 is 22.4 Å². The summed E-state index contributed by atoms with van der Waals surface area (Å²) in [5, 5.41) is 8.58. The molecule has 1 heterocycles. The van der Waals surface area contributed by atoms with Gasteiger partial charge in [-0.05, 0) is 20.3 Å². The van der Waals surface area contributed by atoms with Gasteiger partial charge in [0, 0.05) is 41.9 Å². The number of hydrogen-bond donors (Lipinski definition) is 1. The summed E-state index contributed by atoms with van der Waals surface area (Å²) in [6.07, 6.45) is 2.56. The summed E-state index contributed by atoms with van der Waals surface area (Å²) in [5.41, 5.74) is 1.96. The first-order valence-electron chi connectivity index (χ1n) is 6.27. The number of aromatic nitrogens is 2. The van der Waals surface area contributed by atoms with Gasteiger partial charge in [-0.25, -0.2) is 0 Å². The summed E-state index contributed by atoms with van der Waals surface area (Å²) in [5.74, 6) is 0.651. The second-order valence-electron chi connectivity index (χ2n) is 4.40. The largest absolute Gasteiger partial charge is 0.308 e. The number of aryl methyl sites for hydroxylation is 2. The molecule has 0 aliphatic rings. The van der Waals surface area contributed by atoms with Gasteiger partial charge in [0.25, 0.3) is 0 Å². The van der Waals surface area contributed by atoms with Crippen LogP contribution >= 0.6 is 11.6 Å². The molecular formula is C12H22ClN3OS. The smallest absolute Gasteiger partial charge is 0.0863 e. The van der Waals surface area contributed by atoms with Crippen LogP contribution in [0.2, 0.25) is 5.02 Å². The Bertz CT molecular complexity index is 420. The standard InChI is InChI=1S/C12H22ClN3OS/c1-5-10-12(13)11(16(6-2)15-10)7-14-9(3)8-18(4)17/h9,14H,5-8H2,1-4H3. The number of nitrogens with zero attached hydrogens (tertiary/aromatic N) is 2. The van der Waals surface area contributed by atoms with E-state index < -0.39 is 10.8 Å². The Balaban J connectivity index is 2.71. The lowest BCUT2D eigenvalue weighted by molar-refractivity contribution is 0.540. The van der Waals surface area contributed by atoms with E-state index in [-0.39, 0.29) is 6.04 Å². The highest BCUT2D eigenvalue weighted by molar-refractivity contribution is 7.84. The molecule has 0 amide bonds. The van der Waals surface area contributed by atoms with Gasteiger partial charge in [0.1, 0.15) is 0 Å². The minimum Gasteiger partial charge on any atom is -0.308 e. The molecule has 1 rings (SSSR count). The molecule has 1 aromatic rings. The van der Waals surface area contributed by atoms with Crippen molar-refractivity contribution in [1.82, 2.24) is 15.1 Å². The third kappa shape index (κ3) is 4.07. The third-order valence-corrected chi connectivity index (χ3v) is 4.20. The molecule has 0 radical (unpaired) electrons. The van der Waals surface area contributed by atoms with E-state index in [1.165, 1.54) is 0 Å². The van der Waals surface area contributed by atoms with Gasteiger partial charge in [0.05, 0.1) is 16.4 Å². The molecule has 2 atom stereocenters. The Morgan fingerprint density at radius 1 is 1.50 bits per heavy atom. The zero-order valence-electron chi connectivity index (χ0n) is 11.5. The minimum atomic E-state index is -0.780. The highest BCUT2D eigenvalue weighted by Crippen LogP contribution is 2.21. The number of rotatable bonds is 7. The highest BCUT2D eigenvalue weighted by atomic mass is 35.5. The van der Waals surface area contributed by atoms with Gasteiger partial charge in [-0.2, -0.15) is 5.10 Å². The van der Waals surface area contributed by atoms with Crippen LogP contribution in [0.5, 0.6) is 0 Å². The van der Waals surface area contributed by atoms with Crippen LogP contribution in [0.4, 0.5) is 0 Å². The monoisotopic (exact) mass is 291 g/mol. The molecule has 4 nitrogen and oxygen atoms in total. The molecule has 0 fully saturated rings. The van der Waals surface area contributed by atoms with Crippen molar-refractivity contribution in [3.63, 3.8) is 0 Å². The van der Waals surface area contributed by atoms with Crippen LogP contribution in [0.15, 0.2) is 0 Å². The lowest BCUT2D eigenvalue weighted by Crippen LogP contribution is -2.31. The fourth-order valence-electron chi connectivity index (χ4n) is 1.87. The Labute approximate surface area is 117 Å². The molecule has 6 heteroatoms. The van der Waals surface area contributed by atoms with Crippen LogP contribution < -0.4 is 5.32 Å².